The molecule has 0 saturated heterocycles. The smallest absolute Gasteiger partial charge is 0.110 e. The van der Waals surface area contributed by atoms with E-state index in [1.54, 1.807) is 11.3 Å². The van der Waals surface area contributed by atoms with Crippen molar-refractivity contribution in [1.82, 2.24) is 15.0 Å². The third-order valence-electron chi connectivity index (χ3n) is 3.07. The third-order valence-corrected chi connectivity index (χ3v) is 4.20. The lowest BCUT2D eigenvalue weighted by molar-refractivity contribution is 0.522. The van der Waals surface area contributed by atoms with Crippen LogP contribution in [0.3, 0.4) is 0 Å². The number of aryl methyl sites for hydroxylation is 2. The maximum Gasteiger partial charge on any atom is 0.110 e. The number of imidazole rings is 1. The zero-order valence-electron chi connectivity index (χ0n) is 10.9. The van der Waals surface area contributed by atoms with Crippen LogP contribution in [0.15, 0.2) is 23.8 Å². The summed E-state index contributed by atoms with van der Waals surface area (Å²) in [5.74, 6) is 6.78. The summed E-state index contributed by atoms with van der Waals surface area (Å²) in [5, 5.41) is 2.10. The summed E-state index contributed by atoms with van der Waals surface area (Å²) in [6.07, 6.45) is 5.83. The van der Waals surface area contributed by atoms with Crippen molar-refractivity contribution in [3.63, 3.8) is 0 Å². The summed E-state index contributed by atoms with van der Waals surface area (Å²) in [6.45, 7) is 5.30. The van der Waals surface area contributed by atoms with E-state index in [9.17, 15) is 0 Å². The minimum Gasteiger partial charge on any atom is -0.335 e. The lowest BCUT2D eigenvalue weighted by Crippen LogP contribution is -2.30. The highest BCUT2D eigenvalue weighted by atomic mass is 32.1. The van der Waals surface area contributed by atoms with E-state index in [0.717, 1.165) is 25.2 Å². The van der Waals surface area contributed by atoms with Gasteiger partial charge in [0.15, 0.2) is 0 Å². The van der Waals surface area contributed by atoms with E-state index in [-0.39, 0.29) is 6.04 Å². The molecule has 5 heteroatoms. The first-order valence-electron chi connectivity index (χ1n) is 6.26. The highest BCUT2D eigenvalue weighted by molar-refractivity contribution is 7.10. The van der Waals surface area contributed by atoms with Gasteiger partial charge in [0.05, 0.1) is 6.04 Å². The summed E-state index contributed by atoms with van der Waals surface area (Å²) in [6, 6.07) is 2.27. The lowest BCUT2D eigenvalue weighted by Gasteiger charge is -2.16. The first-order chi connectivity index (χ1) is 8.76. The van der Waals surface area contributed by atoms with Crippen LogP contribution in [0.5, 0.6) is 0 Å². The number of thiophene rings is 1. The van der Waals surface area contributed by atoms with E-state index in [2.05, 4.69) is 40.3 Å². The molecule has 0 aromatic carbocycles. The maximum atomic E-state index is 5.69. The SMILES string of the molecule is CCCn1ccnc1CC(NN)c1sccc1C. The number of hydrogen-bond donors (Lipinski definition) is 2. The molecule has 2 aromatic heterocycles. The molecule has 2 heterocycles. The first kappa shape index (κ1) is 13.3. The molecular formula is C13H20N4S. The Morgan fingerprint density at radius 1 is 1.56 bits per heavy atom. The molecule has 0 spiro atoms. The van der Waals surface area contributed by atoms with E-state index in [4.69, 9.17) is 5.84 Å². The van der Waals surface area contributed by atoms with Gasteiger partial charge in [0.2, 0.25) is 0 Å². The Labute approximate surface area is 112 Å². The predicted octanol–water partition coefficient (Wildman–Crippen LogP) is 2.41. The van der Waals surface area contributed by atoms with Crippen molar-refractivity contribution in [2.75, 3.05) is 0 Å². The molecule has 18 heavy (non-hydrogen) atoms. The van der Waals surface area contributed by atoms with Crippen LogP contribution in [0.1, 0.15) is 35.7 Å². The van der Waals surface area contributed by atoms with E-state index in [1.165, 1.54) is 10.4 Å². The molecule has 98 valence electrons. The molecule has 0 saturated carbocycles. The molecule has 0 aliphatic rings. The van der Waals surface area contributed by atoms with Gasteiger partial charge in [0.1, 0.15) is 5.82 Å². The molecule has 0 aliphatic carbocycles. The van der Waals surface area contributed by atoms with Crippen LogP contribution in [-0.4, -0.2) is 9.55 Å². The monoisotopic (exact) mass is 264 g/mol. The third kappa shape index (κ3) is 2.80. The summed E-state index contributed by atoms with van der Waals surface area (Å²) in [4.78, 5) is 5.73. The van der Waals surface area contributed by atoms with Crippen molar-refractivity contribution in [1.29, 1.82) is 0 Å². The van der Waals surface area contributed by atoms with Gasteiger partial charge in [-0.3, -0.25) is 11.3 Å². The molecule has 0 aliphatic heterocycles. The molecule has 0 fully saturated rings. The summed E-state index contributed by atoms with van der Waals surface area (Å²) in [5.41, 5.74) is 4.20. The molecule has 2 rings (SSSR count). The molecule has 0 amide bonds. The normalized spacial score (nSPS) is 12.8. The van der Waals surface area contributed by atoms with Gasteiger partial charge < -0.3 is 4.57 Å². The zero-order chi connectivity index (χ0) is 13.0. The van der Waals surface area contributed by atoms with Crippen molar-refractivity contribution in [3.05, 3.63) is 40.1 Å². The lowest BCUT2D eigenvalue weighted by atomic mass is 10.1. The molecule has 3 N–H and O–H groups in total. The molecular weight excluding hydrogens is 244 g/mol. The van der Waals surface area contributed by atoms with Crippen LogP contribution in [0.25, 0.3) is 0 Å². The maximum absolute atomic E-state index is 5.69. The highest BCUT2D eigenvalue weighted by Crippen LogP contribution is 2.25. The average molecular weight is 264 g/mol. The van der Waals surface area contributed by atoms with Crippen molar-refractivity contribution >= 4 is 11.3 Å². The molecule has 1 unspecified atom stereocenters. The van der Waals surface area contributed by atoms with Crippen LogP contribution >= 0.6 is 11.3 Å². The van der Waals surface area contributed by atoms with Crippen molar-refractivity contribution in [2.45, 2.75) is 39.3 Å². The van der Waals surface area contributed by atoms with Crippen molar-refractivity contribution in [3.8, 4) is 0 Å². The topological polar surface area (TPSA) is 55.9 Å². The van der Waals surface area contributed by atoms with E-state index < -0.39 is 0 Å². The van der Waals surface area contributed by atoms with E-state index in [0.29, 0.717) is 0 Å². The van der Waals surface area contributed by atoms with Gasteiger partial charge in [-0.1, -0.05) is 6.92 Å². The zero-order valence-corrected chi connectivity index (χ0v) is 11.7. The quantitative estimate of drug-likeness (QED) is 0.622. The Morgan fingerprint density at radius 3 is 3.00 bits per heavy atom. The van der Waals surface area contributed by atoms with Gasteiger partial charge in [-0.15, -0.1) is 11.3 Å². The van der Waals surface area contributed by atoms with Gasteiger partial charge in [-0.2, -0.15) is 0 Å². The van der Waals surface area contributed by atoms with Crippen molar-refractivity contribution < 1.29 is 0 Å². The van der Waals surface area contributed by atoms with Gasteiger partial charge in [-0.05, 0) is 30.4 Å². The number of aromatic nitrogens is 2. The summed E-state index contributed by atoms with van der Waals surface area (Å²) < 4.78 is 2.20. The van der Waals surface area contributed by atoms with Gasteiger partial charge >= 0.3 is 0 Å². The Balaban J connectivity index is 2.15. The summed E-state index contributed by atoms with van der Waals surface area (Å²) >= 11 is 1.74. The Kier molecular flexibility index (Phi) is 4.52. The second-order valence-corrected chi connectivity index (χ2v) is 5.38. The fourth-order valence-corrected chi connectivity index (χ4v) is 3.11. The predicted molar refractivity (Wildman–Crippen MR) is 75.3 cm³/mol. The number of hydrazine groups is 1. The standard InChI is InChI=1S/C13H20N4S/c1-3-6-17-7-5-15-12(17)9-11(16-14)13-10(2)4-8-18-13/h4-5,7-8,11,16H,3,6,9,14H2,1-2H3. The van der Waals surface area contributed by atoms with E-state index >= 15 is 0 Å². The Hall–Kier alpha value is -1.17. The van der Waals surface area contributed by atoms with Crippen LogP contribution in [-0.2, 0) is 13.0 Å². The second-order valence-electron chi connectivity index (χ2n) is 4.43. The Morgan fingerprint density at radius 2 is 2.39 bits per heavy atom. The fourth-order valence-electron chi connectivity index (χ4n) is 2.13. The highest BCUT2D eigenvalue weighted by Gasteiger charge is 2.16. The van der Waals surface area contributed by atoms with E-state index in [1.807, 2.05) is 12.4 Å². The Bertz CT molecular complexity index is 489. The summed E-state index contributed by atoms with van der Waals surface area (Å²) in [7, 11) is 0. The second kappa shape index (κ2) is 6.13. The molecule has 0 radical (unpaired) electrons. The number of hydrogen-bond acceptors (Lipinski definition) is 4. The molecule has 4 nitrogen and oxygen atoms in total. The molecule has 2 aromatic rings. The fraction of sp³-hybridized carbons (Fsp3) is 0.462. The van der Waals surface area contributed by atoms with Crippen LogP contribution in [0.2, 0.25) is 0 Å². The number of nitrogens with one attached hydrogen (secondary N) is 1. The van der Waals surface area contributed by atoms with Crippen LogP contribution in [0.4, 0.5) is 0 Å². The molecule has 0 bridgehead atoms. The van der Waals surface area contributed by atoms with Gasteiger partial charge in [0.25, 0.3) is 0 Å². The minimum atomic E-state index is 0.142. The van der Waals surface area contributed by atoms with Crippen LogP contribution in [0, 0.1) is 6.92 Å². The first-order valence-corrected chi connectivity index (χ1v) is 7.14. The van der Waals surface area contributed by atoms with Crippen molar-refractivity contribution in [2.24, 2.45) is 5.84 Å². The average Bonchev–Trinajstić information content (AvgIpc) is 2.96. The van der Waals surface area contributed by atoms with Crippen LogP contribution < -0.4 is 11.3 Å². The molecule has 1 atom stereocenters. The van der Waals surface area contributed by atoms with Gasteiger partial charge in [-0.25, -0.2) is 4.98 Å². The van der Waals surface area contributed by atoms with Gasteiger partial charge in [0, 0.05) is 30.2 Å². The number of rotatable bonds is 6. The minimum absolute atomic E-state index is 0.142. The largest absolute Gasteiger partial charge is 0.335 e. The number of nitrogens with zero attached hydrogens (tertiary/aromatic N) is 2. The number of nitrogens with two attached hydrogens (primary N) is 1.